The van der Waals surface area contributed by atoms with Crippen LogP contribution in [0.25, 0.3) is 0 Å². The molecule has 0 aliphatic heterocycles. The standard InChI is InChI=1S/C32H30/c1-7-25-13-26(8-2)15-27(9-3,14-25)21-31(19-25,20-26)32-22-28(10-4)16-29(11-5,23-32)18-30(12-6,17-28)24-32/h1-6H,13-24H2. The highest BCUT2D eigenvalue weighted by molar-refractivity contribution is 5.40. The zero-order chi connectivity index (χ0) is 22.7. The molecule has 8 saturated carbocycles. The van der Waals surface area contributed by atoms with Crippen LogP contribution in [0.15, 0.2) is 0 Å². The average molecular weight is 415 g/mol. The highest BCUT2D eigenvalue weighted by Crippen LogP contribution is 2.85. The predicted octanol–water partition coefficient (Wildman–Crippen LogP) is 5.44. The van der Waals surface area contributed by atoms with Crippen LogP contribution in [0.5, 0.6) is 0 Å². The van der Waals surface area contributed by atoms with Gasteiger partial charge in [-0.2, -0.15) is 0 Å². The molecule has 8 aliphatic carbocycles. The predicted molar refractivity (Wildman–Crippen MR) is 128 cm³/mol. The van der Waals surface area contributed by atoms with Gasteiger partial charge in [-0.25, -0.2) is 0 Å². The maximum Gasteiger partial charge on any atom is 0.0346 e. The Bertz CT molecular complexity index is 935. The van der Waals surface area contributed by atoms with E-state index in [0.717, 1.165) is 77.0 Å². The molecule has 8 rings (SSSR count). The largest absolute Gasteiger partial charge is 0.120 e. The number of hydrogen-bond acceptors (Lipinski definition) is 0. The molecule has 0 unspecified atom stereocenters. The third kappa shape index (κ3) is 2.05. The maximum atomic E-state index is 6.28. The number of terminal acetylenes is 6. The summed E-state index contributed by atoms with van der Waals surface area (Å²) in [4.78, 5) is 0. The van der Waals surface area contributed by atoms with Gasteiger partial charge in [0.2, 0.25) is 0 Å². The minimum absolute atomic E-state index is 0.0412. The van der Waals surface area contributed by atoms with Crippen molar-refractivity contribution in [2.24, 2.45) is 43.3 Å². The maximum absolute atomic E-state index is 6.28. The Kier molecular flexibility index (Phi) is 3.31. The van der Waals surface area contributed by atoms with Crippen molar-refractivity contribution in [2.45, 2.75) is 77.0 Å². The van der Waals surface area contributed by atoms with Crippen LogP contribution >= 0.6 is 0 Å². The fourth-order valence-corrected chi connectivity index (χ4v) is 11.3. The third-order valence-corrected chi connectivity index (χ3v) is 11.1. The summed E-state index contributed by atoms with van der Waals surface area (Å²) in [5.41, 5.74) is -1.46. The molecule has 8 fully saturated rings. The molecule has 0 aromatic carbocycles. The Labute approximate surface area is 194 Å². The Hall–Kier alpha value is -2.64. The normalized spacial score (nSPS) is 57.9. The van der Waals surface area contributed by atoms with Crippen molar-refractivity contribution in [3.05, 3.63) is 0 Å². The Balaban J connectivity index is 1.60. The Morgan fingerprint density at radius 2 is 0.438 bits per heavy atom. The molecular formula is C32H30. The van der Waals surface area contributed by atoms with Gasteiger partial charge in [0, 0.05) is 32.5 Å². The lowest BCUT2D eigenvalue weighted by Crippen LogP contribution is -2.70. The van der Waals surface area contributed by atoms with Gasteiger partial charge in [-0.3, -0.25) is 0 Å². The van der Waals surface area contributed by atoms with Gasteiger partial charge in [0.05, 0.1) is 0 Å². The van der Waals surface area contributed by atoms with Gasteiger partial charge in [0.1, 0.15) is 0 Å². The molecule has 0 radical (unpaired) electrons. The minimum Gasteiger partial charge on any atom is -0.120 e. The van der Waals surface area contributed by atoms with Gasteiger partial charge in [0.25, 0.3) is 0 Å². The number of hydrogen-bond donors (Lipinski definition) is 0. The second-order valence-electron chi connectivity index (χ2n) is 13.2. The van der Waals surface area contributed by atoms with E-state index in [-0.39, 0.29) is 43.3 Å². The van der Waals surface area contributed by atoms with E-state index in [1.807, 2.05) is 0 Å². The van der Waals surface area contributed by atoms with Crippen LogP contribution in [0.4, 0.5) is 0 Å². The Morgan fingerprint density at radius 1 is 0.281 bits per heavy atom. The zero-order valence-electron chi connectivity index (χ0n) is 18.9. The summed E-state index contributed by atoms with van der Waals surface area (Å²) in [6.07, 6.45) is 49.0. The summed E-state index contributed by atoms with van der Waals surface area (Å²) in [5.74, 6) is 19.5. The van der Waals surface area contributed by atoms with Crippen molar-refractivity contribution in [3.63, 3.8) is 0 Å². The first-order valence-electron chi connectivity index (χ1n) is 12.0. The smallest absolute Gasteiger partial charge is 0.0346 e. The van der Waals surface area contributed by atoms with Crippen molar-refractivity contribution >= 4 is 0 Å². The zero-order valence-corrected chi connectivity index (χ0v) is 18.9. The first kappa shape index (κ1) is 20.0. The summed E-state index contributed by atoms with van der Waals surface area (Å²) >= 11 is 0. The molecule has 0 N–H and O–H groups in total. The SMILES string of the molecule is C#CC12CC3(C#C)CC(C#C)(C1)CC(C14CC5(C#C)CC(C#C)(CC(C#C)(C5)C1)C4)(C2)C3. The van der Waals surface area contributed by atoms with Crippen LogP contribution in [0, 0.1) is 117 Å². The highest BCUT2D eigenvalue weighted by atomic mass is 14.8. The fraction of sp³-hybridized carbons (Fsp3) is 0.625. The quantitative estimate of drug-likeness (QED) is 0.501. The van der Waals surface area contributed by atoms with Crippen LogP contribution in [0.1, 0.15) is 77.0 Å². The van der Waals surface area contributed by atoms with Gasteiger partial charge in [-0.05, 0) is 87.9 Å². The van der Waals surface area contributed by atoms with Gasteiger partial charge in [-0.1, -0.05) is 35.5 Å². The summed E-state index contributed by atoms with van der Waals surface area (Å²) < 4.78 is 0. The van der Waals surface area contributed by atoms with E-state index in [1.165, 1.54) is 0 Å². The van der Waals surface area contributed by atoms with Gasteiger partial charge >= 0.3 is 0 Å². The second kappa shape index (κ2) is 5.29. The molecule has 0 amide bonds. The van der Waals surface area contributed by atoms with Crippen LogP contribution in [0.3, 0.4) is 0 Å². The van der Waals surface area contributed by atoms with Crippen LogP contribution in [0.2, 0.25) is 0 Å². The van der Waals surface area contributed by atoms with Crippen LogP contribution in [-0.2, 0) is 0 Å². The summed E-state index contributed by atoms with van der Waals surface area (Å²) in [5, 5.41) is 0. The van der Waals surface area contributed by atoms with Gasteiger partial charge in [0.15, 0.2) is 0 Å². The van der Waals surface area contributed by atoms with E-state index in [4.69, 9.17) is 38.5 Å². The van der Waals surface area contributed by atoms with E-state index in [2.05, 4.69) is 35.5 Å². The summed E-state index contributed by atoms with van der Waals surface area (Å²) in [6, 6.07) is 0. The van der Waals surface area contributed by atoms with E-state index < -0.39 is 0 Å². The molecule has 0 atom stereocenters. The monoisotopic (exact) mass is 414 g/mol. The van der Waals surface area contributed by atoms with Crippen molar-refractivity contribution in [1.29, 1.82) is 0 Å². The molecule has 0 aromatic heterocycles. The molecular weight excluding hydrogens is 384 g/mol. The summed E-state index contributed by atoms with van der Waals surface area (Å²) in [7, 11) is 0. The average Bonchev–Trinajstić information content (AvgIpc) is 2.77. The van der Waals surface area contributed by atoms with Gasteiger partial charge < -0.3 is 0 Å². The van der Waals surface area contributed by atoms with Crippen molar-refractivity contribution in [3.8, 4) is 74.1 Å². The third-order valence-electron chi connectivity index (χ3n) is 11.1. The number of rotatable bonds is 1. The lowest BCUT2D eigenvalue weighted by atomic mass is 9.25. The second-order valence-corrected chi connectivity index (χ2v) is 13.2. The van der Waals surface area contributed by atoms with E-state index in [0.29, 0.717) is 0 Å². The molecule has 0 saturated heterocycles. The van der Waals surface area contributed by atoms with E-state index in [1.54, 1.807) is 0 Å². The lowest BCUT2D eigenvalue weighted by molar-refractivity contribution is -0.261. The van der Waals surface area contributed by atoms with Crippen molar-refractivity contribution in [2.75, 3.05) is 0 Å². The fourth-order valence-electron chi connectivity index (χ4n) is 11.3. The minimum atomic E-state index is -0.229. The van der Waals surface area contributed by atoms with Gasteiger partial charge in [-0.15, -0.1) is 38.5 Å². The van der Waals surface area contributed by atoms with E-state index in [9.17, 15) is 0 Å². The molecule has 8 bridgehead atoms. The summed E-state index contributed by atoms with van der Waals surface area (Å²) in [6.45, 7) is 0. The molecule has 0 heterocycles. The van der Waals surface area contributed by atoms with Crippen molar-refractivity contribution < 1.29 is 0 Å². The molecule has 158 valence electrons. The Morgan fingerprint density at radius 3 is 0.562 bits per heavy atom. The molecule has 0 heteroatoms. The van der Waals surface area contributed by atoms with Crippen LogP contribution in [-0.4, -0.2) is 0 Å². The highest BCUT2D eigenvalue weighted by Gasteiger charge is 2.77. The first-order chi connectivity index (χ1) is 15.1. The first-order valence-corrected chi connectivity index (χ1v) is 12.0. The lowest BCUT2D eigenvalue weighted by Gasteiger charge is -2.77. The molecule has 32 heavy (non-hydrogen) atoms. The topological polar surface area (TPSA) is 0 Å². The molecule has 0 nitrogen and oxygen atoms in total. The van der Waals surface area contributed by atoms with Crippen molar-refractivity contribution in [1.82, 2.24) is 0 Å². The molecule has 0 aromatic rings. The molecule has 0 spiro atoms. The van der Waals surface area contributed by atoms with E-state index >= 15 is 0 Å². The molecule has 8 aliphatic rings. The van der Waals surface area contributed by atoms with Crippen LogP contribution < -0.4 is 0 Å².